The Morgan fingerprint density at radius 1 is 0.763 bits per heavy atom. The number of allylic oxidation sites excluding steroid dienone is 2. The molecule has 5 rings (SSSR count). The average molecular weight is 527 g/mol. The zero-order valence-electron chi connectivity index (χ0n) is 26.0. The van der Waals surface area contributed by atoms with Crippen LogP contribution in [0.25, 0.3) is 0 Å². The fourth-order valence-corrected chi connectivity index (χ4v) is 11.4. The molecule has 0 amide bonds. The molecule has 0 bridgehead atoms. The minimum Gasteiger partial charge on any atom is -0.462 e. The van der Waals surface area contributed by atoms with E-state index in [0.717, 1.165) is 32.1 Å². The van der Waals surface area contributed by atoms with Crippen LogP contribution >= 0.6 is 0 Å². The van der Waals surface area contributed by atoms with Gasteiger partial charge in [-0.3, -0.25) is 9.59 Å². The molecule has 5 aliphatic rings. The first-order chi connectivity index (χ1) is 17.4. The Bertz CT molecular complexity index is 1040. The predicted octanol–water partition coefficient (Wildman–Crippen LogP) is 8.28. The summed E-state index contributed by atoms with van der Waals surface area (Å²) in [6, 6.07) is 0. The number of hydrogen-bond acceptors (Lipinski definition) is 4. The van der Waals surface area contributed by atoms with Crippen molar-refractivity contribution in [2.75, 3.05) is 0 Å². The largest absolute Gasteiger partial charge is 0.462 e. The van der Waals surface area contributed by atoms with Crippen molar-refractivity contribution in [2.24, 2.45) is 50.2 Å². The lowest BCUT2D eigenvalue weighted by molar-refractivity contribution is -0.264. The van der Waals surface area contributed by atoms with Gasteiger partial charge in [0, 0.05) is 25.2 Å². The number of hydrogen-bond donors (Lipinski definition) is 0. The van der Waals surface area contributed by atoms with E-state index < -0.39 is 0 Å². The smallest absolute Gasteiger partial charge is 0.302 e. The first-order valence-electron chi connectivity index (χ1n) is 15.5. The van der Waals surface area contributed by atoms with E-state index in [4.69, 9.17) is 9.47 Å². The van der Waals surface area contributed by atoms with Crippen LogP contribution in [0.15, 0.2) is 11.6 Å². The van der Waals surface area contributed by atoms with Crippen molar-refractivity contribution in [3.63, 3.8) is 0 Å². The van der Waals surface area contributed by atoms with E-state index in [1.54, 1.807) is 19.4 Å². The summed E-state index contributed by atoms with van der Waals surface area (Å²) in [5.74, 6) is 0.865. The van der Waals surface area contributed by atoms with Gasteiger partial charge in [0.25, 0.3) is 0 Å². The van der Waals surface area contributed by atoms with Crippen LogP contribution in [0.5, 0.6) is 0 Å². The molecular formula is C34H54O4. The highest BCUT2D eigenvalue weighted by molar-refractivity contribution is 5.66. The molecule has 0 spiro atoms. The zero-order valence-corrected chi connectivity index (χ0v) is 26.0. The molecule has 0 unspecified atom stereocenters. The van der Waals surface area contributed by atoms with Crippen molar-refractivity contribution in [1.29, 1.82) is 0 Å². The molecule has 0 aliphatic heterocycles. The molecule has 0 aromatic carbocycles. The normalized spacial score (nSPS) is 48.8. The van der Waals surface area contributed by atoms with Gasteiger partial charge in [0.1, 0.15) is 12.2 Å². The fraction of sp³-hybridized carbons (Fsp3) is 0.882. The Morgan fingerprint density at radius 3 is 2.03 bits per heavy atom. The summed E-state index contributed by atoms with van der Waals surface area (Å²) in [7, 11) is 0. The summed E-state index contributed by atoms with van der Waals surface area (Å²) in [6.45, 7) is 22.8. The van der Waals surface area contributed by atoms with Gasteiger partial charge in [-0.15, -0.1) is 0 Å². The maximum absolute atomic E-state index is 12.7. The molecular weight excluding hydrogens is 472 g/mol. The molecule has 4 saturated carbocycles. The van der Waals surface area contributed by atoms with Crippen LogP contribution in [0.3, 0.4) is 0 Å². The summed E-state index contributed by atoms with van der Waals surface area (Å²) in [5.41, 5.74) is 2.35. The summed E-state index contributed by atoms with van der Waals surface area (Å²) in [4.78, 5) is 24.6. The first-order valence-corrected chi connectivity index (χ1v) is 15.5. The SMILES string of the molecule is CC(=O)O[C@H]1CC[C@]2(C)[C@H]3[C@H](OC(C)=O)C[C@@H]4C5=CC(C)(C)CC[C@]5(C)CC[C@@]4(C)[C@]3(C)CC[C@H]2C1(C)C. The topological polar surface area (TPSA) is 52.6 Å². The van der Waals surface area contributed by atoms with Gasteiger partial charge in [0.05, 0.1) is 0 Å². The zero-order chi connectivity index (χ0) is 28.1. The van der Waals surface area contributed by atoms with Gasteiger partial charge in [-0.2, -0.15) is 0 Å². The molecule has 0 saturated heterocycles. The Labute approximate surface area is 232 Å². The molecule has 4 nitrogen and oxygen atoms in total. The molecule has 4 heteroatoms. The molecule has 5 aliphatic carbocycles. The van der Waals surface area contributed by atoms with E-state index in [1.165, 1.54) is 25.7 Å². The Balaban J connectivity index is 1.62. The van der Waals surface area contributed by atoms with E-state index in [-0.39, 0.29) is 56.6 Å². The minimum atomic E-state index is -0.174. The number of fused-ring (bicyclic) bond motifs is 7. The number of carbonyl (C=O) groups is 2. The van der Waals surface area contributed by atoms with Gasteiger partial charge in [-0.25, -0.2) is 0 Å². The maximum Gasteiger partial charge on any atom is 0.302 e. The quantitative estimate of drug-likeness (QED) is 0.268. The van der Waals surface area contributed by atoms with E-state index in [1.807, 2.05) is 0 Å². The fourth-order valence-electron chi connectivity index (χ4n) is 11.4. The second kappa shape index (κ2) is 8.59. The highest BCUT2D eigenvalue weighted by atomic mass is 16.5. The van der Waals surface area contributed by atoms with Crippen molar-refractivity contribution in [2.45, 2.75) is 139 Å². The molecule has 0 heterocycles. The summed E-state index contributed by atoms with van der Waals surface area (Å²) < 4.78 is 12.3. The minimum absolute atomic E-state index is 0.0300. The van der Waals surface area contributed by atoms with Crippen LogP contribution in [0.2, 0.25) is 0 Å². The molecule has 214 valence electrons. The van der Waals surface area contributed by atoms with Crippen molar-refractivity contribution in [3.8, 4) is 0 Å². The van der Waals surface area contributed by atoms with Gasteiger partial charge in [0.2, 0.25) is 0 Å². The van der Waals surface area contributed by atoms with Crippen LogP contribution in [0.1, 0.15) is 127 Å². The lowest BCUT2D eigenvalue weighted by Crippen LogP contribution is -2.69. The monoisotopic (exact) mass is 526 g/mol. The number of ether oxygens (including phenoxy) is 2. The molecule has 0 aromatic rings. The molecule has 38 heavy (non-hydrogen) atoms. The Morgan fingerprint density at radius 2 is 1.39 bits per heavy atom. The van der Waals surface area contributed by atoms with Crippen molar-refractivity contribution >= 4 is 11.9 Å². The standard InChI is InChI=1S/C34H54O4/c1-21(35)37-25-19-23-24-20-29(3,4)15-16-31(24,7)17-18-33(23,9)34(10)14-11-26-30(5,6)27(38-22(2)36)12-13-32(26,8)28(25)34/h20,23,25-28H,11-19H2,1-10H3/t23-,25-,26+,27+,28-,31-,32+,33-,34-/m1/s1. The highest BCUT2D eigenvalue weighted by Crippen LogP contribution is 2.76. The Kier molecular flexibility index (Phi) is 6.38. The van der Waals surface area contributed by atoms with Crippen LogP contribution in [0, 0.1) is 50.2 Å². The average Bonchev–Trinajstić information content (AvgIpc) is 2.77. The molecule has 0 radical (unpaired) electrons. The third-order valence-electron chi connectivity index (χ3n) is 13.5. The lowest BCUT2D eigenvalue weighted by Gasteiger charge is -2.73. The van der Waals surface area contributed by atoms with Gasteiger partial charge >= 0.3 is 11.9 Å². The molecule has 0 aromatic heterocycles. The highest BCUT2D eigenvalue weighted by Gasteiger charge is 2.71. The molecule has 4 fully saturated rings. The van der Waals surface area contributed by atoms with Gasteiger partial charge < -0.3 is 9.47 Å². The lowest BCUT2D eigenvalue weighted by atomic mass is 9.32. The Hall–Kier alpha value is -1.32. The van der Waals surface area contributed by atoms with Gasteiger partial charge in [-0.1, -0.05) is 67.0 Å². The van der Waals surface area contributed by atoms with E-state index in [9.17, 15) is 9.59 Å². The number of rotatable bonds is 2. The summed E-state index contributed by atoms with van der Waals surface area (Å²) >= 11 is 0. The maximum atomic E-state index is 12.7. The van der Waals surface area contributed by atoms with E-state index in [0.29, 0.717) is 17.8 Å². The van der Waals surface area contributed by atoms with E-state index in [2.05, 4.69) is 61.5 Å². The van der Waals surface area contributed by atoms with Crippen LogP contribution in [0.4, 0.5) is 0 Å². The first kappa shape index (κ1) is 28.2. The van der Waals surface area contributed by atoms with Gasteiger partial charge in [-0.05, 0) is 96.7 Å². The second-order valence-corrected chi connectivity index (χ2v) is 16.5. The second-order valence-electron chi connectivity index (χ2n) is 16.5. The summed E-state index contributed by atoms with van der Waals surface area (Å²) in [6.07, 6.45) is 12.7. The van der Waals surface area contributed by atoms with Crippen molar-refractivity contribution < 1.29 is 19.1 Å². The molecule has 0 N–H and O–H groups in total. The predicted molar refractivity (Wildman–Crippen MR) is 151 cm³/mol. The van der Waals surface area contributed by atoms with Crippen LogP contribution < -0.4 is 0 Å². The van der Waals surface area contributed by atoms with Crippen molar-refractivity contribution in [3.05, 3.63) is 11.6 Å². The van der Waals surface area contributed by atoms with Gasteiger partial charge in [0.15, 0.2) is 0 Å². The number of carbonyl (C=O) groups excluding carboxylic acids is 2. The third-order valence-corrected chi connectivity index (χ3v) is 13.5. The van der Waals surface area contributed by atoms with Crippen LogP contribution in [-0.4, -0.2) is 24.1 Å². The molecule has 9 atom stereocenters. The van der Waals surface area contributed by atoms with Crippen LogP contribution in [-0.2, 0) is 19.1 Å². The van der Waals surface area contributed by atoms with Crippen molar-refractivity contribution in [1.82, 2.24) is 0 Å². The third kappa shape index (κ3) is 3.88. The number of esters is 2. The summed E-state index contributed by atoms with van der Waals surface area (Å²) in [5, 5.41) is 0. The van der Waals surface area contributed by atoms with E-state index >= 15 is 0 Å².